The Morgan fingerprint density at radius 3 is 2.22 bits per heavy atom. The summed E-state index contributed by atoms with van der Waals surface area (Å²) in [6.07, 6.45) is 1.86. The fourth-order valence-corrected chi connectivity index (χ4v) is 5.32. The van der Waals surface area contributed by atoms with Gasteiger partial charge in [0.1, 0.15) is 16.8 Å². The maximum atomic E-state index is 13.7. The highest BCUT2D eigenvalue weighted by molar-refractivity contribution is 7.98. The van der Waals surface area contributed by atoms with E-state index in [0.717, 1.165) is 33.7 Å². The zero-order valence-electron chi connectivity index (χ0n) is 20.2. The molecule has 0 atom stereocenters. The average Bonchev–Trinajstić information content (AvgIpc) is 3.54. The molecule has 7 heteroatoms. The lowest BCUT2D eigenvalue weighted by molar-refractivity contribution is 0.540. The molecule has 0 aliphatic rings. The molecule has 0 spiro atoms. The van der Waals surface area contributed by atoms with Gasteiger partial charge in [-0.3, -0.25) is 9.36 Å². The van der Waals surface area contributed by atoms with Crippen molar-refractivity contribution < 1.29 is 4.42 Å². The number of benzene rings is 3. The second kappa shape index (κ2) is 9.95. The second-order valence-electron chi connectivity index (χ2n) is 8.74. The van der Waals surface area contributed by atoms with Crippen LogP contribution in [0.4, 0.5) is 0 Å². The Kier molecular flexibility index (Phi) is 6.20. The normalized spacial score (nSPS) is 11.3. The van der Waals surface area contributed by atoms with Gasteiger partial charge in [-0.2, -0.15) is 0 Å². The molecule has 3 aromatic carbocycles. The monoisotopic (exact) mass is 504 g/mol. The van der Waals surface area contributed by atoms with Gasteiger partial charge in [-0.25, -0.2) is 9.97 Å². The molecule has 0 aliphatic carbocycles. The van der Waals surface area contributed by atoms with Crippen molar-refractivity contribution in [2.45, 2.75) is 24.4 Å². The van der Waals surface area contributed by atoms with Crippen LogP contribution in [0.2, 0.25) is 0 Å². The zero-order chi connectivity index (χ0) is 25.2. The maximum Gasteiger partial charge on any atom is 0.278 e. The summed E-state index contributed by atoms with van der Waals surface area (Å²) in [5.74, 6) is 1.88. The van der Waals surface area contributed by atoms with Crippen LogP contribution >= 0.6 is 11.8 Å². The van der Waals surface area contributed by atoms with Gasteiger partial charge in [-0.1, -0.05) is 90.6 Å². The van der Waals surface area contributed by atoms with Crippen LogP contribution in [0.1, 0.15) is 17.0 Å². The van der Waals surface area contributed by atoms with Crippen molar-refractivity contribution in [3.63, 3.8) is 0 Å². The topological polar surface area (TPSA) is 76.7 Å². The third-order valence-corrected chi connectivity index (χ3v) is 7.26. The summed E-state index contributed by atoms with van der Waals surface area (Å²) in [6.45, 7) is 2.35. The molecule has 0 radical (unpaired) electrons. The second-order valence-corrected chi connectivity index (χ2v) is 9.68. The van der Waals surface area contributed by atoms with Crippen molar-refractivity contribution in [1.29, 1.82) is 0 Å². The van der Waals surface area contributed by atoms with E-state index in [1.54, 1.807) is 4.57 Å². The Morgan fingerprint density at radius 2 is 1.51 bits per heavy atom. The van der Waals surface area contributed by atoms with Crippen molar-refractivity contribution >= 4 is 22.8 Å². The summed E-state index contributed by atoms with van der Waals surface area (Å²) in [7, 11) is 0. The summed E-state index contributed by atoms with van der Waals surface area (Å²) in [5.41, 5.74) is 5.80. The maximum absolute atomic E-state index is 13.7. The highest BCUT2D eigenvalue weighted by atomic mass is 32.2. The number of thioether (sulfide) groups is 1. The standard InChI is InChI=1S/C30H24N4O2S/c1-20-25(32-28(36-20)23-15-9-4-10-16-23)19-37-30-33-26-24(22-13-7-3-8-14-22)17-31-27(26)29(35)34(30)18-21-11-5-2-6-12-21/h2-17,31H,18-19H2,1H3. The van der Waals surface area contributed by atoms with E-state index < -0.39 is 0 Å². The molecule has 0 saturated heterocycles. The first kappa shape index (κ1) is 23.1. The number of fused-ring (bicyclic) bond motifs is 1. The van der Waals surface area contributed by atoms with E-state index in [0.29, 0.717) is 34.4 Å². The molecule has 6 nitrogen and oxygen atoms in total. The van der Waals surface area contributed by atoms with E-state index in [1.807, 2.05) is 104 Å². The highest BCUT2D eigenvalue weighted by Gasteiger charge is 2.19. The number of oxazole rings is 1. The van der Waals surface area contributed by atoms with Gasteiger partial charge in [-0.15, -0.1) is 0 Å². The van der Waals surface area contributed by atoms with Gasteiger partial charge in [0.25, 0.3) is 5.56 Å². The molecular weight excluding hydrogens is 480 g/mol. The van der Waals surface area contributed by atoms with E-state index in [4.69, 9.17) is 14.4 Å². The smallest absolute Gasteiger partial charge is 0.278 e. The summed E-state index contributed by atoms with van der Waals surface area (Å²) < 4.78 is 7.69. The predicted molar refractivity (Wildman–Crippen MR) is 148 cm³/mol. The lowest BCUT2D eigenvalue weighted by Gasteiger charge is -2.12. The SMILES string of the molecule is Cc1oc(-c2ccccc2)nc1CSc1nc2c(-c3ccccc3)c[nH]c2c(=O)n1Cc1ccccc1. The molecule has 0 amide bonds. The fraction of sp³-hybridized carbons (Fsp3) is 0.100. The van der Waals surface area contributed by atoms with Gasteiger partial charge in [0.15, 0.2) is 5.16 Å². The minimum absolute atomic E-state index is 0.0969. The molecular formula is C30H24N4O2S. The molecule has 6 aromatic rings. The minimum atomic E-state index is -0.0969. The van der Waals surface area contributed by atoms with Crippen LogP contribution in [0.15, 0.2) is 112 Å². The summed E-state index contributed by atoms with van der Waals surface area (Å²) in [5, 5.41) is 0.641. The summed E-state index contributed by atoms with van der Waals surface area (Å²) >= 11 is 1.49. The molecule has 37 heavy (non-hydrogen) atoms. The number of H-pyrrole nitrogens is 1. The predicted octanol–water partition coefficient (Wildman–Crippen LogP) is 6.70. The average molecular weight is 505 g/mol. The molecule has 0 fully saturated rings. The van der Waals surface area contributed by atoms with Crippen LogP contribution < -0.4 is 5.56 Å². The number of hydrogen-bond acceptors (Lipinski definition) is 5. The van der Waals surface area contributed by atoms with E-state index in [9.17, 15) is 4.79 Å². The number of nitrogens with zero attached hydrogens (tertiary/aromatic N) is 3. The van der Waals surface area contributed by atoms with Crippen LogP contribution in [0, 0.1) is 6.92 Å². The van der Waals surface area contributed by atoms with Gasteiger partial charge in [0.2, 0.25) is 5.89 Å². The Labute approximate surface area is 218 Å². The number of rotatable bonds is 7. The molecule has 0 saturated carbocycles. The zero-order valence-corrected chi connectivity index (χ0v) is 21.0. The molecule has 182 valence electrons. The van der Waals surface area contributed by atoms with Gasteiger partial charge in [0.05, 0.1) is 12.2 Å². The van der Waals surface area contributed by atoms with Gasteiger partial charge in [-0.05, 0) is 30.2 Å². The van der Waals surface area contributed by atoms with Crippen molar-refractivity contribution in [2.24, 2.45) is 0 Å². The van der Waals surface area contributed by atoms with Crippen LogP contribution in [0.25, 0.3) is 33.6 Å². The lowest BCUT2D eigenvalue weighted by atomic mass is 10.1. The quantitative estimate of drug-likeness (QED) is 0.193. The van der Waals surface area contributed by atoms with Crippen molar-refractivity contribution in [3.8, 4) is 22.6 Å². The Bertz CT molecular complexity index is 1720. The molecule has 3 aromatic heterocycles. The van der Waals surface area contributed by atoms with Crippen molar-refractivity contribution in [3.05, 3.63) is 125 Å². The molecule has 0 bridgehead atoms. The molecule has 6 rings (SSSR count). The number of aryl methyl sites for hydroxylation is 1. The number of aromatic amines is 1. The van der Waals surface area contributed by atoms with Crippen LogP contribution in [-0.2, 0) is 12.3 Å². The van der Waals surface area contributed by atoms with E-state index >= 15 is 0 Å². The largest absolute Gasteiger partial charge is 0.441 e. The number of hydrogen-bond donors (Lipinski definition) is 1. The van der Waals surface area contributed by atoms with Gasteiger partial charge >= 0.3 is 0 Å². The van der Waals surface area contributed by atoms with E-state index in [2.05, 4.69) is 4.98 Å². The third-order valence-electron chi connectivity index (χ3n) is 6.27. The summed E-state index contributed by atoms with van der Waals surface area (Å²) in [4.78, 5) is 26.6. The molecule has 0 aliphatic heterocycles. The van der Waals surface area contributed by atoms with E-state index in [1.165, 1.54) is 11.8 Å². The Balaban J connectivity index is 1.41. The number of nitrogens with one attached hydrogen (secondary N) is 1. The third kappa shape index (κ3) is 4.61. The molecule has 3 heterocycles. The molecule has 0 unspecified atom stereocenters. The van der Waals surface area contributed by atoms with Crippen LogP contribution in [0.5, 0.6) is 0 Å². The number of aromatic nitrogens is 4. The Hall–Kier alpha value is -4.36. The lowest BCUT2D eigenvalue weighted by Crippen LogP contribution is -2.24. The van der Waals surface area contributed by atoms with Gasteiger partial charge in [0, 0.05) is 23.1 Å². The van der Waals surface area contributed by atoms with Crippen LogP contribution in [0.3, 0.4) is 0 Å². The van der Waals surface area contributed by atoms with Gasteiger partial charge < -0.3 is 9.40 Å². The first-order valence-corrected chi connectivity index (χ1v) is 13.0. The fourth-order valence-electron chi connectivity index (χ4n) is 4.33. The Morgan fingerprint density at radius 1 is 0.865 bits per heavy atom. The minimum Gasteiger partial charge on any atom is -0.441 e. The summed E-state index contributed by atoms with van der Waals surface area (Å²) in [6, 6.07) is 29.8. The van der Waals surface area contributed by atoms with Crippen LogP contribution in [-0.4, -0.2) is 19.5 Å². The first-order valence-electron chi connectivity index (χ1n) is 12.0. The highest BCUT2D eigenvalue weighted by Crippen LogP contribution is 2.30. The van der Waals surface area contributed by atoms with Crippen molar-refractivity contribution in [2.75, 3.05) is 0 Å². The first-order chi connectivity index (χ1) is 18.2. The molecule has 1 N–H and O–H groups in total. The van der Waals surface area contributed by atoms with Crippen molar-refractivity contribution in [1.82, 2.24) is 19.5 Å². The van der Waals surface area contributed by atoms with E-state index in [-0.39, 0.29) is 5.56 Å².